The maximum Gasteiger partial charge on any atom is 0.234 e. The molecule has 1 atom stereocenters. The molecule has 2 aromatic rings. The van der Waals surface area contributed by atoms with E-state index in [1.54, 1.807) is 14.2 Å². The van der Waals surface area contributed by atoms with E-state index in [1.165, 1.54) is 17.3 Å². The fraction of sp³-hybridized carbons (Fsp3) is 0.469. The number of aliphatic imine (C=N–C) groups is 1. The Bertz CT molecular complexity index is 1290. The molecule has 2 N–H and O–H groups in total. The SMILES string of the molecule is COc1ccc(C2CC(=O)C(C=NCCN3CCN(CC(=O)NC4Cc5ccccc5C4)CC3)=C(O)C2)cc1OC. The lowest BCUT2D eigenvalue weighted by molar-refractivity contribution is -0.123. The lowest BCUT2D eigenvalue weighted by Crippen LogP contribution is -2.51. The second kappa shape index (κ2) is 13.3. The lowest BCUT2D eigenvalue weighted by Gasteiger charge is -2.34. The molecule has 1 saturated heterocycles. The maximum absolute atomic E-state index is 12.8. The van der Waals surface area contributed by atoms with Crippen molar-refractivity contribution in [1.82, 2.24) is 15.1 Å². The van der Waals surface area contributed by atoms with E-state index < -0.39 is 0 Å². The Morgan fingerprint density at radius 3 is 2.32 bits per heavy atom. The fourth-order valence-electron chi connectivity index (χ4n) is 6.06. The van der Waals surface area contributed by atoms with Crippen molar-refractivity contribution in [3.05, 3.63) is 70.5 Å². The van der Waals surface area contributed by atoms with Gasteiger partial charge in [0.05, 0.1) is 32.9 Å². The van der Waals surface area contributed by atoms with Crippen LogP contribution in [-0.4, -0.2) is 98.9 Å². The van der Waals surface area contributed by atoms with Gasteiger partial charge in [0.1, 0.15) is 5.76 Å². The zero-order valence-electron chi connectivity index (χ0n) is 24.0. The van der Waals surface area contributed by atoms with Crippen molar-refractivity contribution in [3.8, 4) is 11.5 Å². The van der Waals surface area contributed by atoms with Gasteiger partial charge < -0.3 is 19.9 Å². The van der Waals surface area contributed by atoms with Crippen LogP contribution in [0.25, 0.3) is 0 Å². The number of Topliss-reactive ketones (excluding diaryl/α,β-unsaturated/α-hetero) is 1. The van der Waals surface area contributed by atoms with Gasteiger partial charge >= 0.3 is 0 Å². The van der Waals surface area contributed by atoms with Crippen LogP contribution in [0.1, 0.15) is 35.4 Å². The number of ketones is 1. The van der Waals surface area contributed by atoms with E-state index in [4.69, 9.17) is 9.47 Å². The minimum atomic E-state index is -0.118. The number of nitrogens with zero attached hydrogens (tertiary/aromatic N) is 3. The van der Waals surface area contributed by atoms with Crippen molar-refractivity contribution in [2.24, 2.45) is 4.99 Å². The van der Waals surface area contributed by atoms with Gasteiger partial charge in [-0.2, -0.15) is 0 Å². The zero-order valence-corrected chi connectivity index (χ0v) is 24.0. The Balaban J connectivity index is 1.03. The first-order valence-electron chi connectivity index (χ1n) is 14.4. The smallest absolute Gasteiger partial charge is 0.234 e. The minimum absolute atomic E-state index is 0.0816. The van der Waals surface area contributed by atoms with Crippen LogP contribution in [0, 0.1) is 0 Å². The second-order valence-corrected chi connectivity index (χ2v) is 11.1. The molecule has 0 radical (unpaired) electrons. The quantitative estimate of drug-likeness (QED) is 0.431. The molecule has 1 amide bonds. The van der Waals surface area contributed by atoms with E-state index in [0.717, 1.165) is 51.1 Å². The van der Waals surface area contributed by atoms with Gasteiger partial charge in [0.25, 0.3) is 0 Å². The number of carbonyl (C=O) groups is 2. The molecule has 1 unspecified atom stereocenters. The molecule has 41 heavy (non-hydrogen) atoms. The zero-order chi connectivity index (χ0) is 28.8. The summed E-state index contributed by atoms with van der Waals surface area (Å²) in [5, 5.41) is 13.9. The third kappa shape index (κ3) is 7.15. The average Bonchev–Trinajstić information content (AvgIpc) is 3.38. The molecule has 5 rings (SSSR count). The van der Waals surface area contributed by atoms with Crippen LogP contribution in [-0.2, 0) is 22.4 Å². The summed E-state index contributed by atoms with van der Waals surface area (Å²) in [6, 6.07) is 14.2. The normalized spacial score (nSPS) is 20.4. The number of piperazine rings is 1. The van der Waals surface area contributed by atoms with Crippen molar-refractivity contribution in [2.75, 3.05) is 60.0 Å². The Labute approximate surface area is 241 Å². The van der Waals surface area contributed by atoms with Crippen molar-refractivity contribution in [2.45, 2.75) is 37.6 Å². The van der Waals surface area contributed by atoms with E-state index in [1.807, 2.05) is 18.2 Å². The van der Waals surface area contributed by atoms with Gasteiger partial charge in [-0.25, -0.2) is 0 Å². The van der Waals surface area contributed by atoms with Crippen LogP contribution in [0.5, 0.6) is 11.5 Å². The van der Waals surface area contributed by atoms with Gasteiger partial charge in [-0.3, -0.25) is 24.4 Å². The number of benzene rings is 2. The first-order chi connectivity index (χ1) is 19.9. The number of allylic oxidation sites excluding steroid dienone is 2. The molecule has 1 heterocycles. The van der Waals surface area contributed by atoms with Crippen LogP contribution in [0.15, 0.2) is 58.8 Å². The number of aliphatic hydroxyl groups excluding tert-OH is 1. The molecule has 0 aromatic heterocycles. The van der Waals surface area contributed by atoms with Crippen molar-refractivity contribution < 1.29 is 24.2 Å². The predicted molar refractivity (Wildman–Crippen MR) is 158 cm³/mol. The van der Waals surface area contributed by atoms with Crippen molar-refractivity contribution in [3.63, 3.8) is 0 Å². The minimum Gasteiger partial charge on any atom is -0.511 e. The van der Waals surface area contributed by atoms with E-state index in [0.29, 0.717) is 43.0 Å². The van der Waals surface area contributed by atoms with Crippen molar-refractivity contribution in [1.29, 1.82) is 0 Å². The largest absolute Gasteiger partial charge is 0.511 e. The average molecular weight is 561 g/mol. The van der Waals surface area contributed by atoms with Gasteiger partial charge in [-0.05, 0) is 47.6 Å². The summed E-state index contributed by atoms with van der Waals surface area (Å²) in [6.45, 7) is 5.17. The molecule has 9 heteroatoms. The van der Waals surface area contributed by atoms with Crippen LogP contribution >= 0.6 is 0 Å². The number of carbonyl (C=O) groups excluding carboxylic acids is 2. The van der Waals surface area contributed by atoms with Crippen LogP contribution in [0.3, 0.4) is 0 Å². The van der Waals surface area contributed by atoms with E-state index in [2.05, 4.69) is 44.4 Å². The third-order valence-electron chi connectivity index (χ3n) is 8.38. The van der Waals surface area contributed by atoms with E-state index >= 15 is 0 Å². The molecule has 2 aromatic carbocycles. The molecule has 218 valence electrons. The molecule has 2 aliphatic carbocycles. The number of aliphatic hydroxyl groups is 1. The van der Waals surface area contributed by atoms with Crippen LogP contribution < -0.4 is 14.8 Å². The first-order valence-corrected chi connectivity index (χ1v) is 14.4. The topological polar surface area (TPSA) is 104 Å². The van der Waals surface area contributed by atoms with E-state index in [9.17, 15) is 14.7 Å². The molecule has 0 saturated carbocycles. The summed E-state index contributed by atoms with van der Waals surface area (Å²) < 4.78 is 10.7. The summed E-state index contributed by atoms with van der Waals surface area (Å²) in [7, 11) is 3.16. The maximum atomic E-state index is 12.8. The number of fused-ring (bicyclic) bond motifs is 1. The Morgan fingerprint density at radius 2 is 1.66 bits per heavy atom. The highest BCUT2D eigenvalue weighted by molar-refractivity contribution is 6.14. The number of rotatable bonds is 10. The second-order valence-electron chi connectivity index (χ2n) is 11.1. The first kappa shape index (κ1) is 28.8. The number of nitrogens with one attached hydrogen (secondary N) is 1. The number of hydrogen-bond acceptors (Lipinski definition) is 8. The van der Waals surface area contributed by atoms with Crippen molar-refractivity contribution >= 4 is 17.9 Å². The third-order valence-corrected chi connectivity index (χ3v) is 8.38. The molecule has 3 aliphatic rings. The monoisotopic (exact) mass is 560 g/mol. The highest BCUT2D eigenvalue weighted by Crippen LogP contribution is 2.37. The predicted octanol–water partition coefficient (Wildman–Crippen LogP) is 2.93. The molecule has 0 spiro atoms. The Hall–Kier alpha value is -3.69. The Kier molecular flexibility index (Phi) is 9.36. The van der Waals surface area contributed by atoms with Crippen LogP contribution in [0.2, 0.25) is 0 Å². The summed E-state index contributed by atoms with van der Waals surface area (Å²) in [5.74, 6) is 1.19. The standard InChI is InChI=1S/C32H40N4O5/c1-40-30-8-7-24(19-31(30)41-2)25-17-28(37)27(29(38)18-25)20-33-9-10-35-11-13-36(14-12-35)21-32(39)34-26-15-22-5-3-4-6-23(22)16-26/h3-8,19-20,25-26,37H,9-18,21H2,1-2H3,(H,34,39). The van der Waals surface area contributed by atoms with Gasteiger partial charge in [0.15, 0.2) is 17.3 Å². The molecule has 0 bridgehead atoms. The fourth-order valence-corrected chi connectivity index (χ4v) is 6.06. The summed E-state index contributed by atoms with van der Waals surface area (Å²) in [5.41, 5.74) is 3.92. The van der Waals surface area contributed by atoms with Gasteiger partial charge in [0, 0.05) is 57.8 Å². The molecule has 1 fully saturated rings. The van der Waals surface area contributed by atoms with E-state index in [-0.39, 0.29) is 29.4 Å². The molecule has 9 nitrogen and oxygen atoms in total. The molecular formula is C32H40N4O5. The lowest BCUT2D eigenvalue weighted by atomic mass is 9.83. The summed E-state index contributed by atoms with van der Waals surface area (Å²) in [4.78, 5) is 34.4. The number of amides is 1. The summed E-state index contributed by atoms with van der Waals surface area (Å²) >= 11 is 0. The highest BCUT2D eigenvalue weighted by Gasteiger charge is 2.29. The number of methoxy groups -OCH3 is 2. The molecular weight excluding hydrogens is 520 g/mol. The number of hydrogen-bond donors (Lipinski definition) is 2. The van der Waals surface area contributed by atoms with Gasteiger partial charge in [0.2, 0.25) is 5.91 Å². The Morgan fingerprint density at radius 1 is 0.976 bits per heavy atom. The highest BCUT2D eigenvalue weighted by atomic mass is 16.5. The van der Waals surface area contributed by atoms with Gasteiger partial charge in [-0.15, -0.1) is 0 Å². The molecule has 1 aliphatic heterocycles. The van der Waals surface area contributed by atoms with Crippen LogP contribution in [0.4, 0.5) is 0 Å². The summed E-state index contributed by atoms with van der Waals surface area (Å²) in [6.07, 6.45) is 4.05. The number of ether oxygens (including phenoxy) is 2. The van der Waals surface area contributed by atoms with Gasteiger partial charge in [-0.1, -0.05) is 30.3 Å².